The fourth-order valence-electron chi connectivity index (χ4n) is 3.37. The van der Waals surface area contributed by atoms with Crippen molar-refractivity contribution in [2.75, 3.05) is 31.1 Å². The highest BCUT2D eigenvalue weighted by atomic mass is 19.4. The van der Waals surface area contributed by atoms with Gasteiger partial charge >= 0.3 is 6.18 Å². The zero-order valence-corrected chi connectivity index (χ0v) is 15.2. The van der Waals surface area contributed by atoms with Gasteiger partial charge in [0.05, 0.1) is 13.1 Å². The smallest absolute Gasteiger partial charge is 0.348 e. The number of anilines is 1. The van der Waals surface area contributed by atoms with E-state index in [1.54, 1.807) is 4.90 Å². The summed E-state index contributed by atoms with van der Waals surface area (Å²) in [6.45, 7) is -0.204. The van der Waals surface area contributed by atoms with Gasteiger partial charge in [-0.15, -0.1) is 15.3 Å². The average Bonchev–Trinajstić information content (AvgIpc) is 3.02. The first-order valence-electron chi connectivity index (χ1n) is 8.90. The van der Waals surface area contributed by atoms with Crippen LogP contribution >= 0.6 is 0 Å². The maximum atomic E-state index is 14.6. The highest BCUT2D eigenvalue weighted by molar-refractivity contribution is 5.46. The summed E-state index contributed by atoms with van der Waals surface area (Å²) in [7, 11) is 0. The van der Waals surface area contributed by atoms with Crippen LogP contribution in [0.5, 0.6) is 0 Å². The van der Waals surface area contributed by atoms with Gasteiger partial charge in [0, 0.05) is 19.6 Å². The Morgan fingerprint density at radius 3 is 2.41 bits per heavy atom. The molecule has 1 aromatic carbocycles. The van der Waals surface area contributed by atoms with Crippen LogP contribution in [0.1, 0.15) is 11.4 Å². The van der Waals surface area contributed by atoms with Gasteiger partial charge in [-0.1, -0.05) is 30.3 Å². The second kappa shape index (κ2) is 7.21. The molecule has 6 nitrogen and oxygen atoms in total. The maximum absolute atomic E-state index is 14.6. The van der Waals surface area contributed by atoms with E-state index in [1.165, 1.54) is 17.0 Å². The van der Waals surface area contributed by atoms with E-state index in [0.29, 0.717) is 17.6 Å². The van der Waals surface area contributed by atoms with Crippen LogP contribution in [0.4, 0.5) is 27.8 Å². The van der Waals surface area contributed by atoms with Crippen LogP contribution in [0.15, 0.2) is 42.5 Å². The number of aromatic nitrogens is 4. The lowest BCUT2D eigenvalue weighted by molar-refractivity contribution is -0.146. The van der Waals surface area contributed by atoms with E-state index in [9.17, 15) is 22.0 Å². The molecule has 0 spiro atoms. The van der Waals surface area contributed by atoms with Gasteiger partial charge in [0.25, 0.3) is 11.7 Å². The number of nitrogens with zero attached hydrogens (tertiary/aromatic N) is 6. The summed E-state index contributed by atoms with van der Waals surface area (Å²) in [5.74, 6) is -4.33. The van der Waals surface area contributed by atoms with E-state index in [-0.39, 0.29) is 18.0 Å². The monoisotopic (exact) mass is 412 g/mol. The van der Waals surface area contributed by atoms with Gasteiger partial charge < -0.3 is 4.90 Å². The molecule has 3 heterocycles. The minimum Gasteiger partial charge on any atom is -0.348 e. The fourth-order valence-corrected chi connectivity index (χ4v) is 3.37. The molecule has 0 radical (unpaired) electrons. The van der Waals surface area contributed by atoms with Crippen molar-refractivity contribution in [1.82, 2.24) is 24.7 Å². The molecule has 154 valence electrons. The first-order valence-corrected chi connectivity index (χ1v) is 8.90. The Morgan fingerprint density at radius 2 is 1.69 bits per heavy atom. The van der Waals surface area contributed by atoms with Crippen molar-refractivity contribution in [3.05, 3.63) is 53.9 Å². The third-order valence-corrected chi connectivity index (χ3v) is 4.64. The van der Waals surface area contributed by atoms with Gasteiger partial charge in [-0.2, -0.15) is 17.7 Å². The number of alkyl halides is 5. The molecule has 1 aliphatic heterocycles. The van der Waals surface area contributed by atoms with Crippen molar-refractivity contribution in [2.24, 2.45) is 0 Å². The first-order chi connectivity index (χ1) is 13.7. The van der Waals surface area contributed by atoms with Gasteiger partial charge in [0.15, 0.2) is 5.65 Å². The zero-order chi connectivity index (χ0) is 20.6. The summed E-state index contributed by atoms with van der Waals surface area (Å²) < 4.78 is 68.9. The van der Waals surface area contributed by atoms with Crippen LogP contribution in [0.25, 0.3) is 5.65 Å². The number of hydrogen-bond acceptors (Lipinski definition) is 5. The Labute approximate surface area is 162 Å². The van der Waals surface area contributed by atoms with E-state index < -0.39 is 31.0 Å². The molecule has 3 aromatic rings. The van der Waals surface area contributed by atoms with Crippen molar-refractivity contribution in [1.29, 1.82) is 0 Å². The SMILES string of the molecule is FC1(F)CN(Cc2ccccc2)CCN(c2ccc3nnc(C(F)(F)F)n3n2)C1. The number of fused-ring (bicyclic) bond motifs is 1. The Morgan fingerprint density at radius 1 is 0.931 bits per heavy atom. The molecule has 0 aliphatic carbocycles. The van der Waals surface area contributed by atoms with Gasteiger partial charge in [0.2, 0.25) is 0 Å². The third-order valence-electron chi connectivity index (χ3n) is 4.64. The molecule has 0 amide bonds. The molecule has 0 unspecified atom stereocenters. The second-order valence-electron chi connectivity index (χ2n) is 6.96. The Hall–Kier alpha value is -2.82. The van der Waals surface area contributed by atoms with E-state index >= 15 is 0 Å². The molecule has 11 heteroatoms. The zero-order valence-electron chi connectivity index (χ0n) is 15.2. The predicted octanol–water partition coefficient (Wildman–Crippen LogP) is 3.10. The summed E-state index contributed by atoms with van der Waals surface area (Å²) >= 11 is 0. The summed E-state index contributed by atoms with van der Waals surface area (Å²) in [6.07, 6.45) is -4.75. The van der Waals surface area contributed by atoms with Crippen molar-refractivity contribution >= 4 is 11.5 Å². The van der Waals surface area contributed by atoms with Crippen LogP contribution in [0.3, 0.4) is 0 Å². The molecular formula is C18H17F5N6. The maximum Gasteiger partial charge on any atom is 0.453 e. The van der Waals surface area contributed by atoms with Gasteiger partial charge in [0.1, 0.15) is 5.82 Å². The number of hydrogen-bond donors (Lipinski definition) is 0. The van der Waals surface area contributed by atoms with Crippen molar-refractivity contribution < 1.29 is 22.0 Å². The van der Waals surface area contributed by atoms with E-state index in [0.717, 1.165) is 5.56 Å². The fraction of sp³-hybridized carbons (Fsp3) is 0.389. The minimum absolute atomic E-state index is 0.0176. The molecule has 1 aliphatic rings. The average molecular weight is 412 g/mol. The highest BCUT2D eigenvalue weighted by Gasteiger charge is 2.39. The Balaban J connectivity index is 1.59. The lowest BCUT2D eigenvalue weighted by atomic mass is 10.2. The molecule has 0 N–H and O–H groups in total. The number of benzene rings is 1. The van der Waals surface area contributed by atoms with Gasteiger partial charge in [-0.3, -0.25) is 4.90 Å². The van der Waals surface area contributed by atoms with Gasteiger partial charge in [-0.25, -0.2) is 8.78 Å². The van der Waals surface area contributed by atoms with Crippen LogP contribution < -0.4 is 4.90 Å². The molecule has 2 aromatic heterocycles. The first kappa shape index (κ1) is 19.5. The van der Waals surface area contributed by atoms with Crippen LogP contribution in [0, 0.1) is 0 Å². The normalized spacial score (nSPS) is 18.2. The molecule has 1 fully saturated rings. The molecule has 0 saturated carbocycles. The second-order valence-corrected chi connectivity index (χ2v) is 6.96. The molecule has 0 bridgehead atoms. The lowest BCUT2D eigenvalue weighted by Crippen LogP contribution is -2.39. The van der Waals surface area contributed by atoms with E-state index in [1.807, 2.05) is 30.3 Å². The number of rotatable bonds is 3. The van der Waals surface area contributed by atoms with Crippen molar-refractivity contribution in [3.63, 3.8) is 0 Å². The van der Waals surface area contributed by atoms with E-state index in [4.69, 9.17) is 0 Å². The standard InChI is InChI=1S/C18H17F5N6/c19-17(20)11-27(10-13-4-2-1-3-5-13)8-9-28(12-17)15-7-6-14-24-25-16(18(21,22)23)29(14)26-15/h1-7H,8-12H2. The molecule has 4 rings (SSSR count). The Kier molecular flexibility index (Phi) is 4.85. The highest BCUT2D eigenvalue weighted by Crippen LogP contribution is 2.29. The van der Waals surface area contributed by atoms with Gasteiger partial charge in [-0.05, 0) is 17.7 Å². The summed E-state index contributed by atoms with van der Waals surface area (Å²) in [5.41, 5.74) is 0.809. The van der Waals surface area contributed by atoms with Crippen LogP contribution in [0.2, 0.25) is 0 Å². The summed E-state index contributed by atoms with van der Waals surface area (Å²) in [6, 6.07) is 11.9. The molecule has 0 atom stereocenters. The van der Waals surface area contributed by atoms with E-state index in [2.05, 4.69) is 15.3 Å². The van der Waals surface area contributed by atoms with Crippen molar-refractivity contribution in [2.45, 2.75) is 18.6 Å². The molecule has 1 saturated heterocycles. The summed E-state index contributed by atoms with van der Waals surface area (Å²) in [5, 5.41) is 10.4. The molecule has 29 heavy (non-hydrogen) atoms. The van der Waals surface area contributed by atoms with Crippen LogP contribution in [-0.4, -0.2) is 56.8 Å². The third kappa shape index (κ3) is 4.29. The topological polar surface area (TPSA) is 49.6 Å². The largest absolute Gasteiger partial charge is 0.453 e. The number of halogens is 5. The quantitative estimate of drug-likeness (QED) is 0.619. The predicted molar refractivity (Wildman–Crippen MR) is 94.7 cm³/mol. The van der Waals surface area contributed by atoms with Crippen molar-refractivity contribution in [3.8, 4) is 0 Å². The minimum atomic E-state index is -4.75. The Bertz CT molecular complexity index is 987. The lowest BCUT2D eigenvalue weighted by Gasteiger charge is -2.24. The summed E-state index contributed by atoms with van der Waals surface area (Å²) in [4.78, 5) is 2.93. The molecular weight excluding hydrogens is 395 g/mol. The van der Waals surface area contributed by atoms with Crippen LogP contribution in [-0.2, 0) is 12.7 Å².